The largest absolute Gasteiger partial charge is 0.295 e. The molecule has 0 saturated carbocycles. The van der Waals surface area contributed by atoms with Crippen LogP contribution in [-0.2, 0) is 5.75 Å². The maximum atomic E-state index is 12.4. The number of thioether (sulfide) groups is 1. The van der Waals surface area contributed by atoms with E-state index in [0.29, 0.717) is 27.8 Å². The molecule has 0 aliphatic rings. The van der Waals surface area contributed by atoms with E-state index in [9.17, 15) is 10.1 Å². The quantitative estimate of drug-likeness (QED) is 0.403. The van der Waals surface area contributed by atoms with Gasteiger partial charge in [0.05, 0.1) is 5.69 Å². The third kappa shape index (κ3) is 3.92. The van der Waals surface area contributed by atoms with E-state index in [1.807, 2.05) is 48.7 Å². The SMILES string of the molecule is Cc1ccc(-n2c(SCc3cc(=O)n4[nH]cc(C#N)c4n3)nnc2-c2cccc(C)c2)cc1. The minimum absolute atomic E-state index is 0.266. The maximum absolute atomic E-state index is 12.4. The molecular formula is C24H19N7OS. The smallest absolute Gasteiger partial charge is 0.272 e. The van der Waals surface area contributed by atoms with Gasteiger partial charge in [-0.05, 0) is 32.0 Å². The van der Waals surface area contributed by atoms with E-state index in [2.05, 4.69) is 44.5 Å². The molecule has 8 nitrogen and oxygen atoms in total. The van der Waals surface area contributed by atoms with Crippen LogP contribution in [0.1, 0.15) is 22.4 Å². The molecule has 0 atom stereocenters. The predicted molar refractivity (Wildman–Crippen MR) is 126 cm³/mol. The van der Waals surface area contributed by atoms with Crippen LogP contribution in [0.4, 0.5) is 0 Å². The number of aromatic nitrogens is 6. The zero-order chi connectivity index (χ0) is 22.9. The van der Waals surface area contributed by atoms with Crippen molar-refractivity contribution < 1.29 is 0 Å². The Labute approximate surface area is 193 Å². The second-order valence-electron chi connectivity index (χ2n) is 7.68. The van der Waals surface area contributed by atoms with E-state index in [0.717, 1.165) is 28.2 Å². The number of fused-ring (bicyclic) bond motifs is 1. The third-order valence-corrected chi connectivity index (χ3v) is 6.18. The Balaban J connectivity index is 1.55. The van der Waals surface area contributed by atoms with Crippen LogP contribution in [0.25, 0.3) is 22.7 Å². The van der Waals surface area contributed by atoms with Crippen molar-refractivity contribution in [2.24, 2.45) is 0 Å². The lowest BCUT2D eigenvalue weighted by Crippen LogP contribution is -2.15. The van der Waals surface area contributed by atoms with Gasteiger partial charge in [0.2, 0.25) is 0 Å². The Morgan fingerprint density at radius 2 is 1.88 bits per heavy atom. The van der Waals surface area contributed by atoms with Crippen LogP contribution in [0.3, 0.4) is 0 Å². The van der Waals surface area contributed by atoms with Crippen LogP contribution in [0.15, 0.2) is 70.7 Å². The fourth-order valence-electron chi connectivity index (χ4n) is 3.58. The van der Waals surface area contributed by atoms with Crippen molar-refractivity contribution in [2.45, 2.75) is 24.8 Å². The van der Waals surface area contributed by atoms with Crippen molar-refractivity contribution in [3.63, 3.8) is 0 Å². The predicted octanol–water partition coefficient (Wildman–Crippen LogP) is 4.05. The molecule has 0 spiro atoms. The first-order valence-corrected chi connectivity index (χ1v) is 11.2. The Kier molecular flexibility index (Phi) is 5.28. The molecule has 1 N–H and O–H groups in total. The number of nitrogens with zero attached hydrogens (tertiary/aromatic N) is 6. The van der Waals surface area contributed by atoms with Gasteiger partial charge in [0.1, 0.15) is 11.6 Å². The van der Waals surface area contributed by atoms with E-state index >= 15 is 0 Å². The zero-order valence-electron chi connectivity index (χ0n) is 18.0. The third-order valence-electron chi connectivity index (χ3n) is 5.22. The molecule has 162 valence electrons. The molecule has 0 radical (unpaired) electrons. The molecule has 0 unspecified atom stereocenters. The van der Waals surface area contributed by atoms with Crippen molar-refractivity contribution >= 4 is 17.4 Å². The number of rotatable bonds is 5. The number of nitrogens with one attached hydrogen (secondary N) is 1. The van der Waals surface area contributed by atoms with Gasteiger partial charge in [0.25, 0.3) is 5.56 Å². The standard InChI is InChI=1S/C24H19N7OS/c1-15-6-8-20(9-7-15)30-23(17-5-3-4-16(2)10-17)28-29-24(30)33-14-19-11-21(32)31-22(27-19)18(12-25)13-26-31/h3-11,13,26H,14H2,1-2H3. The van der Waals surface area contributed by atoms with Crippen LogP contribution in [0.5, 0.6) is 0 Å². The monoisotopic (exact) mass is 453 g/mol. The van der Waals surface area contributed by atoms with E-state index in [4.69, 9.17) is 0 Å². The fraction of sp³-hybridized carbons (Fsp3) is 0.125. The van der Waals surface area contributed by atoms with Gasteiger partial charge in [-0.25, -0.2) is 9.50 Å². The molecule has 2 aromatic carbocycles. The second-order valence-corrected chi connectivity index (χ2v) is 8.62. The lowest BCUT2D eigenvalue weighted by molar-refractivity contribution is 0.877. The summed E-state index contributed by atoms with van der Waals surface area (Å²) >= 11 is 1.44. The topological polar surface area (TPSA) is 105 Å². The Hall–Kier alpha value is -4.16. The van der Waals surface area contributed by atoms with Crippen molar-refractivity contribution in [1.82, 2.24) is 29.4 Å². The minimum atomic E-state index is -0.266. The van der Waals surface area contributed by atoms with Gasteiger partial charge < -0.3 is 0 Å². The highest BCUT2D eigenvalue weighted by atomic mass is 32.2. The summed E-state index contributed by atoms with van der Waals surface area (Å²) in [6, 6.07) is 19.8. The molecule has 0 amide bonds. The highest BCUT2D eigenvalue weighted by Gasteiger charge is 2.17. The summed E-state index contributed by atoms with van der Waals surface area (Å²) in [6.45, 7) is 4.09. The van der Waals surface area contributed by atoms with Crippen LogP contribution in [-0.4, -0.2) is 29.4 Å². The highest BCUT2D eigenvalue weighted by Crippen LogP contribution is 2.30. The lowest BCUT2D eigenvalue weighted by atomic mass is 10.1. The summed E-state index contributed by atoms with van der Waals surface area (Å²) in [5, 5.41) is 21.7. The van der Waals surface area contributed by atoms with Crippen molar-refractivity contribution in [3.8, 4) is 23.1 Å². The first kappa shape index (κ1) is 20.7. The van der Waals surface area contributed by atoms with Gasteiger partial charge in [-0.1, -0.05) is 53.2 Å². The van der Waals surface area contributed by atoms with Crippen LogP contribution < -0.4 is 5.56 Å². The molecule has 0 aliphatic heterocycles. The summed E-state index contributed by atoms with van der Waals surface area (Å²) in [4.78, 5) is 16.9. The summed E-state index contributed by atoms with van der Waals surface area (Å²) in [5.74, 6) is 1.14. The van der Waals surface area contributed by atoms with Crippen molar-refractivity contribution in [3.05, 3.63) is 93.5 Å². The zero-order valence-corrected chi connectivity index (χ0v) is 18.8. The molecule has 0 saturated heterocycles. The molecule has 0 aliphatic carbocycles. The molecule has 0 fully saturated rings. The van der Waals surface area contributed by atoms with Gasteiger partial charge in [-0.2, -0.15) is 5.26 Å². The molecule has 3 heterocycles. The van der Waals surface area contributed by atoms with Gasteiger partial charge >= 0.3 is 0 Å². The number of aryl methyl sites for hydroxylation is 2. The maximum Gasteiger partial charge on any atom is 0.272 e. The summed E-state index contributed by atoms with van der Waals surface area (Å²) < 4.78 is 3.28. The number of benzene rings is 2. The molecule has 9 heteroatoms. The first-order valence-electron chi connectivity index (χ1n) is 10.3. The Morgan fingerprint density at radius 1 is 1.06 bits per heavy atom. The fourth-order valence-corrected chi connectivity index (χ4v) is 4.43. The lowest BCUT2D eigenvalue weighted by Gasteiger charge is -2.11. The summed E-state index contributed by atoms with van der Waals surface area (Å²) in [7, 11) is 0. The van der Waals surface area contributed by atoms with Crippen LogP contribution >= 0.6 is 11.8 Å². The van der Waals surface area contributed by atoms with Crippen LogP contribution in [0.2, 0.25) is 0 Å². The summed E-state index contributed by atoms with van der Waals surface area (Å²) in [6.07, 6.45) is 1.48. The van der Waals surface area contributed by atoms with E-state index in [-0.39, 0.29) is 5.56 Å². The number of nitriles is 1. The van der Waals surface area contributed by atoms with E-state index in [1.165, 1.54) is 28.5 Å². The highest BCUT2D eigenvalue weighted by molar-refractivity contribution is 7.98. The summed E-state index contributed by atoms with van der Waals surface area (Å²) in [5.41, 5.74) is 5.16. The normalized spacial score (nSPS) is 11.1. The van der Waals surface area contributed by atoms with Gasteiger partial charge in [0.15, 0.2) is 16.6 Å². The van der Waals surface area contributed by atoms with E-state index < -0.39 is 0 Å². The molecule has 0 bridgehead atoms. The minimum Gasteiger partial charge on any atom is -0.295 e. The van der Waals surface area contributed by atoms with Gasteiger partial charge in [-0.15, -0.1) is 10.2 Å². The average Bonchev–Trinajstić information content (AvgIpc) is 3.42. The van der Waals surface area contributed by atoms with Gasteiger partial charge in [-0.3, -0.25) is 14.5 Å². The number of hydrogen-bond donors (Lipinski definition) is 1. The number of H-pyrrole nitrogens is 1. The van der Waals surface area contributed by atoms with Crippen LogP contribution in [0, 0.1) is 25.2 Å². The average molecular weight is 454 g/mol. The van der Waals surface area contributed by atoms with E-state index in [1.54, 1.807) is 0 Å². The second kappa shape index (κ2) is 8.41. The van der Waals surface area contributed by atoms with Crippen molar-refractivity contribution in [1.29, 1.82) is 5.26 Å². The molecular weight excluding hydrogens is 434 g/mol. The molecule has 33 heavy (non-hydrogen) atoms. The molecule has 5 aromatic rings. The van der Waals surface area contributed by atoms with Crippen molar-refractivity contribution in [2.75, 3.05) is 0 Å². The molecule has 3 aromatic heterocycles. The number of aromatic amines is 1. The Morgan fingerprint density at radius 3 is 2.64 bits per heavy atom. The Bertz CT molecular complexity index is 1570. The van der Waals surface area contributed by atoms with Gasteiger partial charge in [0, 0.05) is 29.3 Å². The molecule has 5 rings (SSSR count). The first-order chi connectivity index (χ1) is 16.0. The number of hydrogen-bond acceptors (Lipinski definition) is 6.